The molecule has 0 unspecified atom stereocenters. The molecule has 1 N–H and O–H groups in total. The molecule has 28 heavy (non-hydrogen) atoms. The molecular formula is C21H39NNa2O4. The van der Waals surface area contributed by atoms with E-state index in [0.717, 1.165) is 12.8 Å². The van der Waals surface area contributed by atoms with Crippen LogP contribution in [-0.4, -0.2) is 24.5 Å². The summed E-state index contributed by atoms with van der Waals surface area (Å²) in [7, 11) is 0. The Balaban J connectivity index is -0.00000312. The van der Waals surface area contributed by atoms with Gasteiger partial charge in [0.1, 0.15) is 0 Å². The van der Waals surface area contributed by atoms with Gasteiger partial charge in [-0.25, -0.2) is 0 Å². The van der Waals surface area contributed by atoms with Crippen molar-refractivity contribution in [3.63, 3.8) is 0 Å². The summed E-state index contributed by atoms with van der Waals surface area (Å²) < 4.78 is 0. The Labute approximate surface area is 216 Å². The Kier molecular flexibility index (Phi) is 31.1. The Bertz CT molecular complexity index is 357. The minimum Gasteiger partial charge on any atom is -0.550 e. The molecule has 0 aliphatic rings. The van der Waals surface area contributed by atoms with E-state index in [2.05, 4.69) is 12.2 Å². The fourth-order valence-electron chi connectivity index (χ4n) is 3.16. The van der Waals surface area contributed by atoms with Crippen LogP contribution in [0.3, 0.4) is 0 Å². The van der Waals surface area contributed by atoms with Gasteiger partial charge < -0.3 is 25.1 Å². The van der Waals surface area contributed by atoms with E-state index in [4.69, 9.17) is 0 Å². The number of hydrogen-bond donors (Lipinski definition) is 1. The molecule has 0 heterocycles. The molecule has 0 saturated carbocycles. The summed E-state index contributed by atoms with van der Waals surface area (Å²) in [5, 5.41) is 24.2. The minimum atomic E-state index is -1.24. The van der Waals surface area contributed by atoms with Gasteiger partial charge in [-0.2, -0.15) is 0 Å². The molecule has 1 atom stereocenters. The van der Waals surface area contributed by atoms with Crippen molar-refractivity contribution < 1.29 is 78.9 Å². The van der Waals surface area contributed by atoms with Crippen molar-refractivity contribution in [1.82, 2.24) is 5.32 Å². The maximum Gasteiger partial charge on any atom is 1.00 e. The van der Waals surface area contributed by atoms with E-state index in [9.17, 15) is 19.8 Å². The fourth-order valence-corrected chi connectivity index (χ4v) is 3.16. The summed E-state index contributed by atoms with van der Waals surface area (Å²) in [5.41, 5.74) is 0. The molecular weight excluding hydrogens is 376 g/mol. The van der Waals surface area contributed by atoms with Gasteiger partial charge in [-0.05, 0) is 25.8 Å². The maximum atomic E-state index is 10.9. The molecule has 0 rings (SSSR count). The normalized spacial score (nSPS) is 11.3. The van der Waals surface area contributed by atoms with Crippen molar-refractivity contribution in [2.45, 2.75) is 116 Å². The van der Waals surface area contributed by atoms with Crippen molar-refractivity contribution in [2.24, 2.45) is 0 Å². The second-order valence-corrected chi connectivity index (χ2v) is 7.33. The molecule has 0 radical (unpaired) electrons. The first-order valence-corrected chi connectivity index (χ1v) is 10.7. The van der Waals surface area contributed by atoms with Gasteiger partial charge in [0.15, 0.2) is 0 Å². The molecule has 0 saturated heterocycles. The monoisotopic (exact) mass is 415 g/mol. The molecule has 0 spiro atoms. The number of nitrogens with one attached hydrogen (secondary N) is 1. The largest absolute Gasteiger partial charge is 1.00 e. The van der Waals surface area contributed by atoms with Crippen molar-refractivity contribution >= 4 is 11.9 Å². The second-order valence-electron chi connectivity index (χ2n) is 7.33. The van der Waals surface area contributed by atoms with E-state index >= 15 is 0 Å². The summed E-state index contributed by atoms with van der Waals surface area (Å²) in [4.78, 5) is 21.3. The number of hydrogen-bond acceptors (Lipinski definition) is 5. The van der Waals surface area contributed by atoms with Gasteiger partial charge in [0.2, 0.25) is 0 Å². The number of carbonyl (C=O) groups is 2. The van der Waals surface area contributed by atoms with Gasteiger partial charge in [0.25, 0.3) is 0 Å². The third kappa shape index (κ3) is 24.9. The van der Waals surface area contributed by atoms with Gasteiger partial charge >= 0.3 is 59.1 Å². The number of aliphatic carboxylic acids is 2. The average Bonchev–Trinajstić information content (AvgIpc) is 2.60. The second kappa shape index (κ2) is 25.9. The molecule has 7 heteroatoms. The smallest absolute Gasteiger partial charge is 0.550 e. The van der Waals surface area contributed by atoms with Gasteiger partial charge in [-0.15, -0.1) is 0 Å². The van der Waals surface area contributed by atoms with E-state index in [1.807, 2.05) is 0 Å². The van der Waals surface area contributed by atoms with Crippen LogP contribution in [-0.2, 0) is 9.59 Å². The van der Waals surface area contributed by atoms with Gasteiger partial charge in [-0.3, -0.25) is 0 Å². The predicted octanol–water partition coefficient (Wildman–Crippen LogP) is -3.29. The Morgan fingerprint density at radius 3 is 1.46 bits per heavy atom. The van der Waals surface area contributed by atoms with Crippen molar-refractivity contribution in [1.29, 1.82) is 0 Å². The Morgan fingerprint density at radius 2 is 1.11 bits per heavy atom. The van der Waals surface area contributed by atoms with Crippen LogP contribution in [0, 0.1) is 0 Å². The molecule has 154 valence electrons. The molecule has 0 aliphatic carbocycles. The summed E-state index contributed by atoms with van der Waals surface area (Å²) in [5.74, 6) is -2.47. The first kappa shape index (κ1) is 33.5. The zero-order valence-electron chi connectivity index (χ0n) is 18.7. The Hall–Kier alpha value is 0.900. The van der Waals surface area contributed by atoms with Crippen LogP contribution in [0.15, 0.2) is 0 Å². The average molecular weight is 416 g/mol. The topological polar surface area (TPSA) is 92.3 Å². The van der Waals surface area contributed by atoms with Gasteiger partial charge in [-0.1, -0.05) is 90.4 Å². The molecule has 5 nitrogen and oxygen atoms in total. The predicted molar refractivity (Wildman–Crippen MR) is 101 cm³/mol. The van der Waals surface area contributed by atoms with Crippen LogP contribution in [0.25, 0.3) is 0 Å². The number of unbranched alkanes of at least 4 members (excludes halogenated alkanes) is 13. The molecule has 0 amide bonds. The van der Waals surface area contributed by atoms with E-state index in [1.165, 1.54) is 77.0 Å². The molecule has 0 aromatic carbocycles. The van der Waals surface area contributed by atoms with Crippen molar-refractivity contribution in [3.05, 3.63) is 0 Å². The summed E-state index contributed by atoms with van der Waals surface area (Å²) >= 11 is 0. The standard InChI is InChI=1S/C21H41NO4.2Na/c1-2-3-4-5-6-7-8-9-10-11-12-13-14-15-18-22-19(21(25)26)16-17-20(23)24;;/h19,22H,2-18H2,1H3,(H,23,24)(H,25,26);;/q;2*+1/p-2/t19-;;/m0../s1. The molecule has 0 aliphatic heterocycles. The van der Waals surface area contributed by atoms with Crippen LogP contribution in [0.4, 0.5) is 0 Å². The van der Waals surface area contributed by atoms with Crippen LogP contribution in [0.5, 0.6) is 0 Å². The third-order valence-corrected chi connectivity index (χ3v) is 4.84. The summed E-state index contributed by atoms with van der Waals surface area (Å²) in [6.07, 6.45) is 17.7. The Morgan fingerprint density at radius 1 is 0.714 bits per heavy atom. The molecule has 0 bridgehead atoms. The molecule has 0 aromatic heterocycles. The number of carbonyl (C=O) groups excluding carboxylic acids is 2. The van der Waals surface area contributed by atoms with Crippen LogP contribution >= 0.6 is 0 Å². The minimum absolute atomic E-state index is 0. The summed E-state index contributed by atoms with van der Waals surface area (Å²) in [6.45, 7) is 2.84. The van der Waals surface area contributed by atoms with Crippen molar-refractivity contribution in [3.8, 4) is 0 Å². The zero-order valence-corrected chi connectivity index (χ0v) is 22.7. The first-order valence-electron chi connectivity index (χ1n) is 10.7. The number of carboxylic acid groups (broad SMARTS) is 2. The van der Waals surface area contributed by atoms with E-state index < -0.39 is 18.0 Å². The number of rotatable bonds is 20. The third-order valence-electron chi connectivity index (χ3n) is 4.84. The van der Waals surface area contributed by atoms with Crippen LogP contribution in [0.1, 0.15) is 110 Å². The van der Waals surface area contributed by atoms with E-state index in [0.29, 0.717) is 6.54 Å². The van der Waals surface area contributed by atoms with Gasteiger partial charge in [0.05, 0.1) is 5.97 Å². The van der Waals surface area contributed by atoms with Crippen LogP contribution in [0.2, 0.25) is 0 Å². The van der Waals surface area contributed by atoms with Crippen molar-refractivity contribution in [2.75, 3.05) is 6.54 Å². The fraction of sp³-hybridized carbons (Fsp3) is 0.905. The summed E-state index contributed by atoms with van der Waals surface area (Å²) in [6, 6.07) is -0.894. The van der Waals surface area contributed by atoms with E-state index in [1.54, 1.807) is 0 Å². The first-order chi connectivity index (χ1) is 12.6. The van der Waals surface area contributed by atoms with Gasteiger partial charge in [0, 0.05) is 12.0 Å². The zero-order chi connectivity index (χ0) is 19.5. The quantitative estimate of drug-likeness (QED) is 0.166. The molecule has 0 aromatic rings. The molecule has 0 fully saturated rings. The number of carboxylic acids is 2. The van der Waals surface area contributed by atoms with Crippen LogP contribution < -0.4 is 74.6 Å². The van der Waals surface area contributed by atoms with E-state index in [-0.39, 0.29) is 72.0 Å². The maximum absolute atomic E-state index is 10.9. The SMILES string of the molecule is CCCCCCCCCCCCCCCCN[C@@H](CCC(=O)[O-])C(=O)[O-].[Na+].[Na+].